The smallest absolute Gasteiger partial charge is 0.318 e. The molecule has 1 fully saturated rings. The molecule has 0 saturated carbocycles. The first-order valence-corrected chi connectivity index (χ1v) is 12.5. The summed E-state index contributed by atoms with van der Waals surface area (Å²) in [6, 6.07) is 10.2. The number of amides is 4. The van der Waals surface area contributed by atoms with E-state index in [1.165, 1.54) is 27.1 Å². The van der Waals surface area contributed by atoms with Crippen LogP contribution < -0.4 is 0 Å². The number of Topliss-reactive ketones (excluding diaryl/α,β-unsaturated/α-hetero) is 1. The summed E-state index contributed by atoms with van der Waals surface area (Å²) >= 11 is 1.55. The fourth-order valence-corrected chi connectivity index (χ4v) is 5.07. The lowest BCUT2D eigenvalue weighted by Gasteiger charge is -2.28. The van der Waals surface area contributed by atoms with Crippen LogP contribution >= 0.6 is 11.3 Å². The first-order valence-electron chi connectivity index (χ1n) is 11.7. The molecule has 4 amide bonds. The van der Waals surface area contributed by atoms with E-state index in [9.17, 15) is 24.0 Å². The molecule has 10 heteroatoms. The molecule has 4 rings (SSSR count). The van der Waals surface area contributed by atoms with Gasteiger partial charge in [0.1, 0.15) is 11.3 Å². The van der Waals surface area contributed by atoms with Gasteiger partial charge < -0.3 is 4.84 Å². The number of barbiturate groups is 1. The monoisotopic (exact) mass is 519 g/mol. The Morgan fingerprint density at radius 1 is 0.973 bits per heavy atom. The van der Waals surface area contributed by atoms with Gasteiger partial charge in [0.2, 0.25) is 5.78 Å². The zero-order chi connectivity index (χ0) is 26.9. The van der Waals surface area contributed by atoms with Crippen LogP contribution in [0.3, 0.4) is 0 Å². The third-order valence-electron chi connectivity index (χ3n) is 6.02. The lowest BCUT2D eigenvalue weighted by Crippen LogP contribution is -2.52. The Labute approximate surface area is 217 Å². The van der Waals surface area contributed by atoms with Crippen LogP contribution in [0.2, 0.25) is 0 Å². The molecule has 0 spiro atoms. The van der Waals surface area contributed by atoms with Gasteiger partial charge in [-0.3, -0.25) is 24.2 Å². The summed E-state index contributed by atoms with van der Waals surface area (Å²) in [5.74, 6) is -2.24. The maximum atomic E-state index is 13.2. The van der Waals surface area contributed by atoms with Gasteiger partial charge in [0, 0.05) is 46.8 Å². The lowest BCUT2D eigenvalue weighted by molar-refractivity contribution is -0.141. The van der Waals surface area contributed by atoms with E-state index < -0.39 is 23.8 Å². The molecule has 1 aliphatic rings. The topological polar surface area (TPSA) is 113 Å². The highest BCUT2D eigenvalue weighted by molar-refractivity contribution is 7.25. The maximum Gasteiger partial charge on any atom is 0.333 e. The summed E-state index contributed by atoms with van der Waals surface area (Å²) in [5.41, 5.74) is 1.09. The zero-order valence-corrected chi connectivity index (χ0v) is 21.7. The molecule has 2 heterocycles. The second-order valence-corrected chi connectivity index (χ2v) is 9.77. The minimum Gasteiger partial charge on any atom is -0.318 e. The first-order chi connectivity index (χ1) is 17.6. The highest BCUT2D eigenvalue weighted by Crippen LogP contribution is 2.35. The van der Waals surface area contributed by atoms with Crippen LogP contribution in [0.1, 0.15) is 49.0 Å². The van der Waals surface area contributed by atoms with Gasteiger partial charge in [0.05, 0.1) is 0 Å². The van der Waals surface area contributed by atoms with Gasteiger partial charge in [0.25, 0.3) is 11.8 Å². The quantitative estimate of drug-likeness (QED) is 0.111. The van der Waals surface area contributed by atoms with E-state index in [2.05, 4.69) is 5.16 Å². The number of urea groups is 1. The number of unbranched alkanes of at least 4 members (excludes halogenated alkanes) is 1. The van der Waals surface area contributed by atoms with Crippen molar-refractivity contribution in [2.75, 3.05) is 14.1 Å². The molecule has 0 N–H and O–H groups in total. The molecule has 1 saturated heterocycles. The molecular weight excluding hydrogens is 494 g/mol. The molecule has 190 valence electrons. The van der Waals surface area contributed by atoms with E-state index in [-0.39, 0.29) is 17.1 Å². The van der Waals surface area contributed by atoms with Crippen molar-refractivity contribution in [2.45, 2.75) is 33.1 Å². The lowest BCUT2D eigenvalue weighted by atomic mass is 10.00. The molecule has 1 aliphatic heterocycles. The minimum absolute atomic E-state index is 0.110. The molecule has 0 unspecified atom stereocenters. The number of oxime groups is 1. The number of rotatable bonds is 7. The van der Waals surface area contributed by atoms with Crippen molar-refractivity contribution in [1.29, 1.82) is 0 Å². The second-order valence-electron chi connectivity index (χ2n) is 8.69. The van der Waals surface area contributed by atoms with Crippen molar-refractivity contribution < 1.29 is 28.8 Å². The summed E-state index contributed by atoms with van der Waals surface area (Å²) in [5, 5.41) is 5.48. The van der Waals surface area contributed by atoms with Crippen molar-refractivity contribution in [1.82, 2.24) is 9.80 Å². The first kappa shape index (κ1) is 25.9. The van der Waals surface area contributed by atoms with Gasteiger partial charge in [-0.15, -0.1) is 11.3 Å². The number of imide groups is 2. The molecule has 0 atom stereocenters. The predicted octanol–water partition coefficient (Wildman–Crippen LogP) is 4.78. The van der Waals surface area contributed by atoms with Gasteiger partial charge in [-0.2, -0.15) is 0 Å². The fraction of sp³-hybridized carbons (Fsp3) is 0.259. The normalized spacial score (nSPS) is 14.6. The Hall–Kier alpha value is -4.18. The number of benzene rings is 2. The summed E-state index contributed by atoms with van der Waals surface area (Å²) in [6.07, 6.45) is 3.43. The number of nitrogens with zero attached hydrogens (tertiary/aromatic N) is 3. The second kappa shape index (κ2) is 10.4. The molecular formula is C27H25N3O6S. The van der Waals surface area contributed by atoms with Crippen LogP contribution in [0.15, 0.2) is 47.1 Å². The number of hydrogen-bond donors (Lipinski definition) is 0. The van der Waals surface area contributed by atoms with Gasteiger partial charge in [-0.25, -0.2) is 9.59 Å². The Bertz CT molecular complexity index is 1510. The van der Waals surface area contributed by atoms with E-state index >= 15 is 0 Å². The number of likely N-dealkylation sites (N-methyl/N-ethyl adjacent to an activating group) is 2. The van der Waals surface area contributed by atoms with Crippen molar-refractivity contribution in [3.05, 3.63) is 53.1 Å². The van der Waals surface area contributed by atoms with E-state index in [0.29, 0.717) is 17.5 Å². The van der Waals surface area contributed by atoms with Crippen LogP contribution in [0.4, 0.5) is 4.79 Å². The summed E-state index contributed by atoms with van der Waals surface area (Å²) in [7, 11) is 2.66. The highest BCUT2D eigenvalue weighted by atomic mass is 32.1. The van der Waals surface area contributed by atoms with Crippen LogP contribution in [-0.2, 0) is 19.2 Å². The molecule has 2 aromatic carbocycles. The van der Waals surface area contributed by atoms with Gasteiger partial charge in [-0.05, 0) is 54.8 Å². The van der Waals surface area contributed by atoms with Crippen molar-refractivity contribution in [2.24, 2.45) is 5.16 Å². The average Bonchev–Trinajstić information content (AvgIpc) is 3.25. The SMILES string of the molecule is CCCC/C(=N\OC(C)=O)C(=O)c1ccc2sc3ccc(C=C4C(=O)N(C)C(=O)N(C)C4=O)cc3c2c1. The molecule has 3 aromatic rings. The van der Waals surface area contributed by atoms with Gasteiger partial charge in [-0.1, -0.05) is 24.6 Å². The highest BCUT2D eigenvalue weighted by Gasteiger charge is 2.37. The molecule has 1 aromatic heterocycles. The zero-order valence-electron chi connectivity index (χ0n) is 20.9. The van der Waals surface area contributed by atoms with Crippen molar-refractivity contribution in [3.8, 4) is 0 Å². The van der Waals surface area contributed by atoms with Gasteiger partial charge >= 0.3 is 12.0 Å². The summed E-state index contributed by atoms with van der Waals surface area (Å²) in [6.45, 7) is 3.22. The van der Waals surface area contributed by atoms with E-state index in [4.69, 9.17) is 4.84 Å². The summed E-state index contributed by atoms with van der Waals surface area (Å²) < 4.78 is 1.92. The van der Waals surface area contributed by atoms with Crippen molar-refractivity contribution in [3.63, 3.8) is 0 Å². The maximum absolute atomic E-state index is 13.2. The van der Waals surface area contributed by atoms with Gasteiger partial charge in [0.15, 0.2) is 0 Å². The van der Waals surface area contributed by atoms with Crippen LogP contribution in [0, 0.1) is 0 Å². The number of carbonyl (C=O) groups is 5. The average molecular weight is 520 g/mol. The predicted molar refractivity (Wildman–Crippen MR) is 141 cm³/mol. The standard InChI is InChI=1S/C27H25N3O6S/c1-5-6-7-21(28-36-15(2)31)24(32)17-9-11-23-19(14-17)18-12-16(8-10-22(18)37-23)13-20-25(33)29(3)27(35)30(4)26(20)34/h8-14H,5-7H2,1-4H3/b28-21+. The van der Waals surface area contributed by atoms with Crippen LogP contribution in [-0.4, -0.2) is 59.2 Å². The fourth-order valence-electron chi connectivity index (χ4n) is 4.00. The Balaban J connectivity index is 1.75. The largest absolute Gasteiger partial charge is 0.333 e. The number of hydrogen-bond acceptors (Lipinski definition) is 8. The van der Waals surface area contributed by atoms with E-state index in [1.54, 1.807) is 29.5 Å². The van der Waals surface area contributed by atoms with Crippen molar-refractivity contribution >= 4 is 72.9 Å². The molecule has 0 aliphatic carbocycles. The third-order valence-corrected chi connectivity index (χ3v) is 7.18. The third kappa shape index (κ3) is 5.05. The summed E-state index contributed by atoms with van der Waals surface area (Å²) in [4.78, 5) is 68.2. The number of fused-ring (bicyclic) bond motifs is 3. The Morgan fingerprint density at radius 3 is 2.22 bits per heavy atom. The van der Waals surface area contributed by atoms with E-state index in [0.717, 1.165) is 42.8 Å². The molecule has 9 nitrogen and oxygen atoms in total. The minimum atomic E-state index is -0.681. The molecule has 0 bridgehead atoms. The van der Waals surface area contributed by atoms with Crippen LogP contribution in [0.5, 0.6) is 0 Å². The van der Waals surface area contributed by atoms with E-state index in [1.807, 2.05) is 25.1 Å². The number of thiophene rings is 1. The van der Waals surface area contributed by atoms with Crippen LogP contribution in [0.25, 0.3) is 26.2 Å². The Kier molecular flexibility index (Phi) is 7.30. The number of carbonyl (C=O) groups excluding carboxylic acids is 5. The molecule has 37 heavy (non-hydrogen) atoms. The molecule has 0 radical (unpaired) electrons. The number of ketones is 1. The Morgan fingerprint density at radius 2 is 1.59 bits per heavy atom.